The molecule has 0 aliphatic rings. The predicted octanol–water partition coefficient (Wildman–Crippen LogP) is 3.27. The van der Waals surface area contributed by atoms with Gasteiger partial charge in [-0.1, -0.05) is 22.0 Å². The first-order chi connectivity index (χ1) is 10.1. The quantitative estimate of drug-likeness (QED) is 0.669. The molecule has 0 saturated carbocycles. The lowest BCUT2D eigenvalue weighted by atomic mass is 10.2. The maximum atomic E-state index is 12.3. The summed E-state index contributed by atoms with van der Waals surface area (Å²) < 4.78 is 2.49. The number of amides is 1. The maximum Gasteiger partial charge on any atom is 0.291 e. The summed E-state index contributed by atoms with van der Waals surface area (Å²) in [5, 5.41) is 1.79. The van der Waals surface area contributed by atoms with Crippen LogP contribution in [0, 0.1) is 4.77 Å². The van der Waals surface area contributed by atoms with Gasteiger partial charge in [-0.05, 0) is 41.9 Å². The van der Waals surface area contributed by atoms with Crippen LogP contribution in [0.5, 0.6) is 0 Å². The number of hydrogen-bond acceptors (Lipinski definition) is 4. The van der Waals surface area contributed by atoms with E-state index in [1.165, 1.54) is 11.3 Å². The third kappa shape index (κ3) is 2.69. The summed E-state index contributed by atoms with van der Waals surface area (Å²) in [5.74, 6) is -0.409. The minimum Gasteiger partial charge on any atom is -0.329 e. The molecule has 1 amide bonds. The number of carbonyl (C=O) groups is 1. The Bertz CT molecular complexity index is 958. The number of rotatable bonds is 2. The molecule has 0 saturated heterocycles. The highest BCUT2D eigenvalue weighted by Gasteiger charge is 2.11. The van der Waals surface area contributed by atoms with Crippen LogP contribution in [0.4, 0.5) is 0 Å². The zero-order valence-corrected chi connectivity index (χ0v) is 13.6. The van der Waals surface area contributed by atoms with Gasteiger partial charge >= 0.3 is 0 Å². The second kappa shape index (κ2) is 5.55. The molecule has 2 heterocycles. The predicted molar refractivity (Wildman–Crippen MR) is 89.1 cm³/mol. The fourth-order valence-electron chi connectivity index (χ4n) is 1.84. The van der Waals surface area contributed by atoms with Crippen LogP contribution >= 0.6 is 39.5 Å². The fraction of sp³-hybridized carbons (Fsp3) is 0. The molecule has 0 radical (unpaired) electrons. The van der Waals surface area contributed by atoms with Gasteiger partial charge in [-0.15, -0.1) is 11.3 Å². The van der Waals surface area contributed by atoms with Crippen LogP contribution in [-0.2, 0) is 0 Å². The number of nitrogens with zero attached hydrogens (tertiary/aromatic N) is 1. The molecule has 0 atom stereocenters. The third-order valence-corrected chi connectivity index (χ3v) is 4.49. The maximum absolute atomic E-state index is 12.3. The summed E-state index contributed by atoms with van der Waals surface area (Å²) >= 11 is 9.71. The van der Waals surface area contributed by atoms with E-state index in [1.54, 1.807) is 29.6 Å². The molecule has 21 heavy (non-hydrogen) atoms. The van der Waals surface area contributed by atoms with Crippen molar-refractivity contribution in [2.24, 2.45) is 0 Å². The SMILES string of the molecule is O=C(Nn1c(=S)[nH]c2ccsc2c1=O)c1cccc(Br)c1. The van der Waals surface area contributed by atoms with E-state index in [-0.39, 0.29) is 10.3 Å². The molecule has 2 aromatic heterocycles. The molecule has 8 heteroatoms. The van der Waals surface area contributed by atoms with Crippen molar-refractivity contribution in [3.05, 3.63) is 60.9 Å². The van der Waals surface area contributed by atoms with Crippen LogP contribution in [-0.4, -0.2) is 15.6 Å². The Hall–Kier alpha value is -1.77. The summed E-state index contributed by atoms with van der Waals surface area (Å²) in [4.78, 5) is 27.4. The van der Waals surface area contributed by atoms with E-state index in [9.17, 15) is 9.59 Å². The standard InChI is InChI=1S/C13H8BrN3O2S2/c14-8-3-1-2-7(6-8)11(18)16-17-12(19)10-9(4-5-21-10)15-13(17)20/h1-6H,(H,15,20)(H,16,18). The molecule has 0 unspecified atom stereocenters. The highest BCUT2D eigenvalue weighted by molar-refractivity contribution is 9.10. The van der Waals surface area contributed by atoms with Gasteiger partial charge in [0, 0.05) is 10.0 Å². The van der Waals surface area contributed by atoms with Gasteiger partial charge in [0.1, 0.15) is 4.70 Å². The number of aromatic nitrogens is 2. The Morgan fingerprint density at radius 1 is 1.38 bits per heavy atom. The van der Waals surface area contributed by atoms with E-state index in [2.05, 4.69) is 26.3 Å². The van der Waals surface area contributed by atoms with Crippen LogP contribution in [0.15, 0.2) is 45.0 Å². The monoisotopic (exact) mass is 381 g/mol. The van der Waals surface area contributed by atoms with Gasteiger partial charge in [0.15, 0.2) is 4.77 Å². The molecule has 0 bridgehead atoms. The van der Waals surface area contributed by atoms with E-state index in [1.807, 2.05) is 6.07 Å². The van der Waals surface area contributed by atoms with Gasteiger partial charge in [-0.3, -0.25) is 15.0 Å². The molecule has 0 spiro atoms. The minimum absolute atomic E-state index is 0.147. The second-order valence-corrected chi connectivity index (χ2v) is 6.40. The summed E-state index contributed by atoms with van der Waals surface area (Å²) in [6, 6.07) is 8.65. The van der Waals surface area contributed by atoms with Crippen LogP contribution in [0.25, 0.3) is 10.2 Å². The summed E-state index contributed by atoms with van der Waals surface area (Å²) in [5.41, 5.74) is 3.28. The van der Waals surface area contributed by atoms with Crippen LogP contribution in [0.2, 0.25) is 0 Å². The lowest BCUT2D eigenvalue weighted by Crippen LogP contribution is -2.34. The van der Waals surface area contributed by atoms with Gasteiger partial charge in [-0.25, -0.2) is 0 Å². The summed E-state index contributed by atoms with van der Waals surface area (Å²) in [6.07, 6.45) is 0. The van der Waals surface area contributed by atoms with Gasteiger partial charge in [0.2, 0.25) is 0 Å². The molecule has 3 aromatic rings. The van der Waals surface area contributed by atoms with Crippen LogP contribution < -0.4 is 11.0 Å². The average molecular weight is 382 g/mol. The highest BCUT2D eigenvalue weighted by Crippen LogP contribution is 2.14. The van der Waals surface area contributed by atoms with Crippen molar-refractivity contribution in [2.45, 2.75) is 0 Å². The highest BCUT2D eigenvalue weighted by atomic mass is 79.9. The Morgan fingerprint density at radius 2 is 2.19 bits per heavy atom. The number of carbonyl (C=O) groups excluding carboxylic acids is 1. The molecular formula is C13H8BrN3O2S2. The normalized spacial score (nSPS) is 10.7. The molecule has 3 rings (SSSR count). The van der Waals surface area contributed by atoms with Crippen molar-refractivity contribution in [2.75, 3.05) is 5.43 Å². The van der Waals surface area contributed by atoms with E-state index >= 15 is 0 Å². The van der Waals surface area contributed by atoms with Crippen molar-refractivity contribution in [3.8, 4) is 0 Å². The number of H-pyrrole nitrogens is 1. The lowest BCUT2D eigenvalue weighted by molar-refractivity contribution is 0.101. The van der Waals surface area contributed by atoms with Crippen molar-refractivity contribution < 1.29 is 4.79 Å². The Kier molecular flexibility index (Phi) is 3.75. The molecular weight excluding hydrogens is 374 g/mol. The first-order valence-electron chi connectivity index (χ1n) is 5.86. The van der Waals surface area contributed by atoms with E-state index < -0.39 is 5.91 Å². The molecule has 1 aromatic carbocycles. The van der Waals surface area contributed by atoms with Crippen molar-refractivity contribution in [1.29, 1.82) is 0 Å². The van der Waals surface area contributed by atoms with Gasteiger partial charge in [0.25, 0.3) is 11.5 Å². The molecule has 0 aliphatic heterocycles. The lowest BCUT2D eigenvalue weighted by Gasteiger charge is -2.08. The van der Waals surface area contributed by atoms with Gasteiger partial charge < -0.3 is 4.98 Å². The minimum atomic E-state index is -0.409. The zero-order chi connectivity index (χ0) is 15.0. The van der Waals surface area contributed by atoms with E-state index in [4.69, 9.17) is 12.2 Å². The van der Waals surface area contributed by atoms with Gasteiger partial charge in [-0.2, -0.15) is 4.68 Å². The van der Waals surface area contributed by atoms with Crippen LogP contribution in [0.3, 0.4) is 0 Å². The average Bonchev–Trinajstić information content (AvgIpc) is 2.91. The van der Waals surface area contributed by atoms with Crippen molar-refractivity contribution in [1.82, 2.24) is 9.66 Å². The second-order valence-electron chi connectivity index (χ2n) is 4.19. The fourth-order valence-corrected chi connectivity index (χ4v) is 3.25. The number of benzene rings is 1. The number of halogens is 1. The van der Waals surface area contributed by atoms with Crippen molar-refractivity contribution >= 4 is 55.6 Å². The summed E-state index contributed by atoms with van der Waals surface area (Å²) in [6.45, 7) is 0. The molecule has 106 valence electrons. The number of thiophene rings is 1. The Labute approximate surface area is 136 Å². The zero-order valence-electron chi connectivity index (χ0n) is 10.4. The third-order valence-electron chi connectivity index (χ3n) is 2.81. The van der Waals surface area contributed by atoms with Crippen LogP contribution in [0.1, 0.15) is 10.4 Å². The Morgan fingerprint density at radius 3 is 2.95 bits per heavy atom. The summed E-state index contributed by atoms with van der Waals surface area (Å²) in [7, 11) is 0. The number of nitrogens with one attached hydrogen (secondary N) is 2. The smallest absolute Gasteiger partial charge is 0.291 e. The molecule has 0 fully saturated rings. The number of fused-ring (bicyclic) bond motifs is 1. The topological polar surface area (TPSA) is 66.9 Å². The number of aromatic amines is 1. The molecule has 2 N–H and O–H groups in total. The molecule has 5 nitrogen and oxygen atoms in total. The first-order valence-corrected chi connectivity index (χ1v) is 7.94. The first kappa shape index (κ1) is 14.2. The van der Waals surface area contributed by atoms with E-state index in [0.717, 1.165) is 9.15 Å². The largest absolute Gasteiger partial charge is 0.329 e. The van der Waals surface area contributed by atoms with Gasteiger partial charge in [0.05, 0.1) is 5.52 Å². The molecule has 0 aliphatic carbocycles. The van der Waals surface area contributed by atoms with E-state index in [0.29, 0.717) is 15.8 Å². The number of hydrogen-bond donors (Lipinski definition) is 2. The van der Waals surface area contributed by atoms with Crippen molar-refractivity contribution in [3.63, 3.8) is 0 Å². The Balaban J connectivity index is 2.04.